The molecule has 0 aliphatic heterocycles. The Kier molecular flexibility index (Phi) is 3.04. The summed E-state index contributed by atoms with van der Waals surface area (Å²) in [6, 6.07) is 6.58. The van der Waals surface area contributed by atoms with Crippen LogP contribution in [0.3, 0.4) is 0 Å². The van der Waals surface area contributed by atoms with Crippen LogP contribution in [0.25, 0.3) is 21.5 Å². The molecule has 4 rings (SSSR count). The second-order valence-electron chi connectivity index (χ2n) is 5.91. The Bertz CT molecular complexity index is 925. The van der Waals surface area contributed by atoms with Crippen LogP contribution >= 0.6 is 11.3 Å². The Hall–Kier alpha value is -2.14. The van der Waals surface area contributed by atoms with Gasteiger partial charge in [0.05, 0.1) is 11.3 Å². The number of phenolic OH excluding ortho intramolecular Hbond substituents is 1. The Balaban J connectivity index is 1.86. The van der Waals surface area contributed by atoms with Crippen molar-refractivity contribution in [2.75, 3.05) is 0 Å². The molecule has 0 spiro atoms. The van der Waals surface area contributed by atoms with Crippen molar-refractivity contribution < 1.29 is 9.52 Å². The molecule has 0 radical (unpaired) electrons. The fourth-order valence-corrected chi connectivity index (χ4v) is 4.18. The summed E-state index contributed by atoms with van der Waals surface area (Å²) in [6.07, 6.45) is 3.18. The largest absolute Gasteiger partial charge is 0.508 e. The van der Waals surface area contributed by atoms with E-state index in [1.807, 2.05) is 0 Å². The van der Waals surface area contributed by atoms with Gasteiger partial charge in [-0.1, -0.05) is 6.92 Å². The molecule has 0 fully saturated rings. The molecule has 0 saturated heterocycles. The summed E-state index contributed by atoms with van der Waals surface area (Å²) in [5.41, 5.74) is 1.62. The molecule has 1 atom stereocenters. The molecule has 5 heteroatoms. The molecule has 112 valence electrons. The highest BCUT2D eigenvalue weighted by Crippen LogP contribution is 2.34. The molecule has 4 nitrogen and oxygen atoms in total. The van der Waals surface area contributed by atoms with E-state index in [9.17, 15) is 9.90 Å². The van der Waals surface area contributed by atoms with Gasteiger partial charge in [-0.05, 0) is 43.4 Å². The van der Waals surface area contributed by atoms with Crippen LogP contribution in [0, 0.1) is 5.92 Å². The van der Waals surface area contributed by atoms with Crippen molar-refractivity contribution in [2.45, 2.75) is 26.2 Å². The summed E-state index contributed by atoms with van der Waals surface area (Å²) >= 11 is 1.60. The zero-order valence-corrected chi connectivity index (χ0v) is 12.9. The maximum Gasteiger partial charge on any atom is 0.346 e. The number of hydrogen-bond acceptors (Lipinski definition) is 5. The Morgan fingerprint density at radius 2 is 2.23 bits per heavy atom. The van der Waals surface area contributed by atoms with Crippen molar-refractivity contribution in [3.05, 3.63) is 45.3 Å². The van der Waals surface area contributed by atoms with Gasteiger partial charge in [-0.2, -0.15) is 0 Å². The van der Waals surface area contributed by atoms with Crippen LogP contribution in [0.5, 0.6) is 5.75 Å². The molecule has 1 aliphatic carbocycles. The minimum absolute atomic E-state index is 0.0853. The van der Waals surface area contributed by atoms with E-state index in [2.05, 4.69) is 11.9 Å². The van der Waals surface area contributed by atoms with Crippen LogP contribution in [-0.4, -0.2) is 10.1 Å². The first kappa shape index (κ1) is 13.5. The number of nitrogens with zero attached hydrogens (tertiary/aromatic N) is 1. The van der Waals surface area contributed by atoms with Gasteiger partial charge >= 0.3 is 5.63 Å². The van der Waals surface area contributed by atoms with E-state index in [4.69, 9.17) is 4.42 Å². The number of phenols is 1. The number of fused-ring (bicyclic) bond motifs is 2. The first-order valence-electron chi connectivity index (χ1n) is 7.36. The monoisotopic (exact) mass is 313 g/mol. The molecule has 3 aromatic rings. The zero-order chi connectivity index (χ0) is 15.3. The van der Waals surface area contributed by atoms with Gasteiger partial charge in [0.2, 0.25) is 0 Å². The van der Waals surface area contributed by atoms with E-state index in [-0.39, 0.29) is 5.75 Å². The van der Waals surface area contributed by atoms with Crippen molar-refractivity contribution >= 4 is 22.3 Å². The first-order valence-corrected chi connectivity index (χ1v) is 8.17. The van der Waals surface area contributed by atoms with Gasteiger partial charge in [-0.25, -0.2) is 9.78 Å². The van der Waals surface area contributed by atoms with E-state index in [1.165, 1.54) is 10.9 Å². The summed E-state index contributed by atoms with van der Waals surface area (Å²) in [5, 5.41) is 11.0. The van der Waals surface area contributed by atoms with Gasteiger partial charge in [0, 0.05) is 16.3 Å². The lowest BCUT2D eigenvalue weighted by Gasteiger charge is -2.15. The third kappa shape index (κ3) is 2.22. The molecule has 1 aliphatic rings. The van der Waals surface area contributed by atoms with Gasteiger partial charge in [0.15, 0.2) is 0 Å². The fraction of sp³-hybridized carbons (Fsp3) is 0.294. The Morgan fingerprint density at radius 1 is 1.36 bits per heavy atom. The van der Waals surface area contributed by atoms with Crippen molar-refractivity contribution in [2.24, 2.45) is 5.92 Å². The lowest BCUT2D eigenvalue weighted by atomic mass is 9.93. The lowest BCUT2D eigenvalue weighted by Crippen LogP contribution is -2.09. The number of hydrogen-bond donors (Lipinski definition) is 1. The molecule has 1 aromatic carbocycles. The van der Waals surface area contributed by atoms with Gasteiger partial charge in [-0.15, -0.1) is 11.3 Å². The highest BCUT2D eigenvalue weighted by Gasteiger charge is 2.21. The average Bonchev–Trinajstić information content (AvgIpc) is 2.89. The Morgan fingerprint density at radius 3 is 3.09 bits per heavy atom. The third-order valence-electron chi connectivity index (χ3n) is 4.14. The van der Waals surface area contributed by atoms with E-state index in [1.54, 1.807) is 29.5 Å². The molecule has 22 heavy (non-hydrogen) atoms. The minimum atomic E-state index is -0.405. The van der Waals surface area contributed by atoms with Crippen molar-refractivity contribution in [1.82, 2.24) is 4.98 Å². The highest BCUT2D eigenvalue weighted by atomic mass is 32.1. The van der Waals surface area contributed by atoms with Crippen LogP contribution < -0.4 is 5.63 Å². The first-order chi connectivity index (χ1) is 10.6. The number of aromatic hydroxyl groups is 1. The minimum Gasteiger partial charge on any atom is -0.508 e. The van der Waals surface area contributed by atoms with Crippen LogP contribution in [0.1, 0.15) is 23.9 Å². The van der Waals surface area contributed by atoms with Gasteiger partial charge in [0.25, 0.3) is 0 Å². The SMILES string of the molecule is C[C@@H]1CCc2nc(-c3cc4ccc(O)cc4oc3=O)sc2C1. The van der Waals surface area contributed by atoms with E-state index >= 15 is 0 Å². The smallest absolute Gasteiger partial charge is 0.346 e. The second kappa shape index (κ2) is 4.95. The maximum atomic E-state index is 12.2. The number of rotatable bonds is 1. The van der Waals surface area contributed by atoms with Crippen LogP contribution in [0.15, 0.2) is 33.5 Å². The summed E-state index contributed by atoms with van der Waals surface area (Å²) in [4.78, 5) is 18.2. The quantitative estimate of drug-likeness (QED) is 0.695. The summed E-state index contributed by atoms with van der Waals surface area (Å²) in [5.74, 6) is 0.763. The van der Waals surface area contributed by atoms with Gasteiger partial charge in [-0.3, -0.25) is 0 Å². The fourth-order valence-electron chi connectivity index (χ4n) is 2.90. The van der Waals surface area contributed by atoms with Crippen LogP contribution in [0.2, 0.25) is 0 Å². The summed E-state index contributed by atoms with van der Waals surface area (Å²) in [7, 11) is 0. The number of aromatic nitrogens is 1. The Labute approximate surface area is 131 Å². The second-order valence-corrected chi connectivity index (χ2v) is 6.99. The zero-order valence-electron chi connectivity index (χ0n) is 12.1. The lowest BCUT2D eigenvalue weighted by molar-refractivity contribution is 0.473. The molecule has 0 bridgehead atoms. The molecule has 0 saturated carbocycles. The number of benzene rings is 1. The molecule has 2 aromatic heterocycles. The van der Waals surface area contributed by atoms with Crippen LogP contribution in [0.4, 0.5) is 0 Å². The van der Waals surface area contributed by atoms with Crippen molar-refractivity contribution in [3.63, 3.8) is 0 Å². The summed E-state index contributed by atoms with van der Waals surface area (Å²) in [6.45, 7) is 2.25. The van der Waals surface area contributed by atoms with Crippen molar-refractivity contribution in [1.29, 1.82) is 0 Å². The van der Waals surface area contributed by atoms with E-state index in [0.717, 1.165) is 35.4 Å². The van der Waals surface area contributed by atoms with E-state index in [0.29, 0.717) is 17.1 Å². The standard InChI is InChI=1S/C17H15NO3S/c1-9-2-5-13-15(6-9)22-16(18-13)12-7-10-3-4-11(19)8-14(10)21-17(12)20/h3-4,7-9,19H,2,5-6H2,1H3/t9-/m1/s1. The molecular formula is C17H15NO3S. The number of thiazole rings is 1. The van der Waals surface area contributed by atoms with Gasteiger partial charge < -0.3 is 9.52 Å². The van der Waals surface area contributed by atoms with Crippen molar-refractivity contribution in [3.8, 4) is 16.3 Å². The highest BCUT2D eigenvalue weighted by molar-refractivity contribution is 7.15. The normalized spacial score (nSPS) is 17.6. The molecule has 0 amide bonds. The third-order valence-corrected chi connectivity index (χ3v) is 5.29. The number of aryl methyl sites for hydroxylation is 1. The molecule has 2 heterocycles. The van der Waals surface area contributed by atoms with Crippen LogP contribution in [-0.2, 0) is 12.8 Å². The topological polar surface area (TPSA) is 63.3 Å². The molecule has 1 N–H and O–H groups in total. The molecule has 0 unspecified atom stereocenters. The van der Waals surface area contributed by atoms with E-state index < -0.39 is 5.63 Å². The van der Waals surface area contributed by atoms with Gasteiger partial charge in [0.1, 0.15) is 16.3 Å². The predicted molar refractivity (Wildman–Crippen MR) is 86.4 cm³/mol. The summed E-state index contributed by atoms with van der Waals surface area (Å²) < 4.78 is 5.33. The predicted octanol–water partition coefficient (Wildman–Crippen LogP) is 3.75. The maximum absolute atomic E-state index is 12.2. The molecular weight excluding hydrogens is 298 g/mol. The average molecular weight is 313 g/mol.